The van der Waals surface area contributed by atoms with E-state index >= 15 is 0 Å². The van der Waals surface area contributed by atoms with Crippen molar-refractivity contribution in [3.8, 4) is 0 Å². The summed E-state index contributed by atoms with van der Waals surface area (Å²) in [5, 5.41) is 7.92. The molecule has 0 aliphatic rings. The lowest BCUT2D eigenvalue weighted by Gasteiger charge is -2.23. The zero-order chi connectivity index (χ0) is 11.9. The van der Waals surface area contributed by atoms with Gasteiger partial charge in [-0.25, -0.2) is 13.6 Å². The third-order valence-corrected chi connectivity index (χ3v) is 3.32. The predicted molar refractivity (Wildman–Crippen MR) is 63.2 cm³/mol. The molecule has 3 N–H and O–H groups in total. The molecular formula is C9H23N3O2S. The number of rotatable bonds is 8. The highest BCUT2D eigenvalue weighted by Gasteiger charge is 2.05. The van der Waals surface area contributed by atoms with E-state index in [2.05, 4.69) is 31.1 Å². The summed E-state index contributed by atoms with van der Waals surface area (Å²) in [7, 11) is -1.26. The molecule has 0 aromatic rings. The number of sulfonamides is 1. The largest absolute Gasteiger partial charge is 0.314 e. The van der Waals surface area contributed by atoms with E-state index < -0.39 is 10.0 Å². The van der Waals surface area contributed by atoms with Gasteiger partial charge >= 0.3 is 0 Å². The van der Waals surface area contributed by atoms with Crippen LogP contribution in [-0.2, 0) is 10.0 Å². The number of hydrogen-bond donors (Lipinski definition) is 2. The van der Waals surface area contributed by atoms with Gasteiger partial charge in [0.25, 0.3) is 0 Å². The van der Waals surface area contributed by atoms with Gasteiger partial charge in [-0.05, 0) is 20.4 Å². The van der Waals surface area contributed by atoms with Gasteiger partial charge in [0.05, 0.1) is 5.75 Å². The van der Waals surface area contributed by atoms with Crippen molar-refractivity contribution in [1.82, 2.24) is 10.2 Å². The highest BCUT2D eigenvalue weighted by molar-refractivity contribution is 7.89. The van der Waals surface area contributed by atoms with Crippen LogP contribution < -0.4 is 10.5 Å². The van der Waals surface area contributed by atoms with Crippen LogP contribution in [0.4, 0.5) is 0 Å². The van der Waals surface area contributed by atoms with Crippen molar-refractivity contribution in [3.05, 3.63) is 0 Å². The Labute approximate surface area is 93.1 Å². The third-order valence-electron chi connectivity index (χ3n) is 2.55. The Kier molecular flexibility index (Phi) is 7.08. The average Bonchev–Trinajstić information content (AvgIpc) is 2.14. The van der Waals surface area contributed by atoms with Crippen molar-refractivity contribution in [2.24, 2.45) is 5.14 Å². The zero-order valence-corrected chi connectivity index (χ0v) is 10.7. The summed E-state index contributed by atoms with van der Waals surface area (Å²) in [6.07, 6.45) is 1.12. The first-order valence-electron chi connectivity index (χ1n) is 5.28. The Morgan fingerprint density at radius 3 is 2.47 bits per heavy atom. The van der Waals surface area contributed by atoms with Crippen molar-refractivity contribution in [3.63, 3.8) is 0 Å². The topological polar surface area (TPSA) is 75.4 Å². The van der Waals surface area contributed by atoms with Crippen LogP contribution in [0.2, 0.25) is 0 Å². The van der Waals surface area contributed by atoms with Crippen molar-refractivity contribution in [1.29, 1.82) is 0 Å². The molecule has 5 nitrogen and oxygen atoms in total. The second-order valence-electron chi connectivity index (χ2n) is 3.85. The average molecular weight is 237 g/mol. The Balaban J connectivity index is 3.47. The number of primary sulfonamides is 1. The first kappa shape index (κ1) is 14.8. The SMILES string of the molecule is CCC(C)N(C)CCNCCS(N)(=O)=O. The number of likely N-dealkylation sites (N-methyl/N-ethyl adjacent to an activating group) is 1. The molecule has 0 saturated carbocycles. The normalized spacial score (nSPS) is 14.5. The molecule has 6 heteroatoms. The highest BCUT2D eigenvalue weighted by atomic mass is 32.2. The number of nitrogens with one attached hydrogen (secondary N) is 1. The van der Waals surface area contributed by atoms with Gasteiger partial charge in [0, 0.05) is 25.7 Å². The molecular weight excluding hydrogens is 214 g/mol. The molecule has 0 aromatic heterocycles. The molecule has 0 aliphatic carbocycles. The standard InChI is InChI=1S/C9H23N3O2S/c1-4-9(2)12(3)7-5-11-6-8-15(10,13)14/h9,11H,4-8H2,1-3H3,(H2,10,13,14). The molecule has 0 aliphatic heterocycles. The van der Waals surface area contributed by atoms with Crippen molar-refractivity contribution in [2.75, 3.05) is 32.4 Å². The lowest BCUT2D eigenvalue weighted by molar-refractivity contribution is 0.252. The second-order valence-corrected chi connectivity index (χ2v) is 5.59. The van der Waals surface area contributed by atoms with Gasteiger partial charge in [0.1, 0.15) is 0 Å². The van der Waals surface area contributed by atoms with E-state index in [0.29, 0.717) is 12.6 Å². The fourth-order valence-electron chi connectivity index (χ4n) is 1.13. The van der Waals surface area contributed by atoms with Gasteiger partial charge < -0.3 is 10.2 Å². The van der Waals surface area contributed by atoms with E-state index in [1.165, 1.54) is 0 Å². The summed E-state index contributed by atoms with van der Waals surface area (Å²) < 4.78 is 21.2. The van der Waals surface area contributed by atoms with Crippen molar-refractivity contribution >= 4 is 10.0 Å². The summed E-state index contributed by atoms with van der Waals surface area (Å²) in [4.78, 5) is 2.24. The summed E-state index contributed by atoms with van der Waals surface area (Å²) in [6.45, 7) is 6.45. The van der Waals surface area contributed by atoms with Crippen LogP contribution in [0.5, 0.6) is 0 Å². The summed E-state index contributed by atoms with van der Waals surface area (Å²) in [5.74, 6) is 0.0000453. The van der Waals surface area contributed by atoms with Crippen LogP contribution in [0.15, 0.2) is 0 Å². The maximum Gasteiger partial charge on any atom is 0.210 e. The minimum absolute atomic E-state index is 0.0000453. The molecule has 0 heterocycles. The Morgan fingerprint density at radius 2 is 2.00 bits per heavy atom. The maximum absolute atomic E-state index is 10.6. The monoisotopic (exact) mass is 237 g/mol. The van der Waals surface area contributed by atoms with E-state index in [9.17, 15) is 8.42 Å². The quantitative estimate of drug-likeness (QED) is 0.563. The van der Waals surface area contributed by atoms with Crippen LogP contribution in [0.1, 0.15) is 20.3 Å². The molecule has 1 unspecified atom stereocenters. The fraction of sp³-hybridized carbons (Fsp3) is 1.00. The van der Waals surface area contributed by atoms with E-state index in [-0.39, 0.29) is 5.75 Å². The van der Waals surface area contributed by atoms with Gasteiger partial charge in [-0.15, -0.1) is 0 Å². The molecule has 0 spiro atoms. The number of nitrogens with zero attached hydrogens (tertiary/aromatic N) is 1. The van der Waals surface area contributed by atoms with Crippen LogP contribution in [-0.4, -0.2) is 51.8 Å². The molecule has 0 radical (unpaired) electrons. The molecule has 1 atom stereocenters. The molecule has 92 valence electrons. The fourth-order valence-corrected chi connectivity index (χ4v) is 1.56. The predicted octanol–water partition coefficient (Wildman–Crippen LogP) is -0.405. The van der Waals surface area contributed by atoms with E-state index in [1.807, 2.05) is 0 Å². The molecule has 0 amide bonds. The van der Waals surface area contributed by atoms with Crippen molar-refractivity contribution in [2.45, 2.75) is 26.3 Å². The Morgan fingerprint density at radius 1 is 1.40 bits per heavy atom. The van der Waals surface area contributed by atoms with Gasteiger partial charge in [-0.1, -0.05) is 6.92 Å². The van der Waals surface area contributed by atoms with Gasteiger partial charge in [0.2, 0.25) is 10.0 Å². The second kappa shape index (κ2) is 7.16. The number of hydrogen-bond acceptors (Lipinski definition) is 4. The Hall–Kier alpha value is -0.170. The van der Waals surface area contributed by atoms with Crippen LogP contribution >= 0.6 is 0 Å². The smallest absolute Gasteiger partial charge is 0.210 e. The summed E-state index contributed by atoms with van der Waals surface area (Å²) in [6, 6.07) is 0.560. The molecule has 0 fully saturated rings. The first-order valence-corrected chi connectivity index (χ1v) is 6.99. The molecule has 0 bridgehead atoms. The van der Waals surface area contributed by atoms with E-state index in [4.69, 9.17) is 5.14 Å². The van der Waals surface area contributed by atoms with Gasteiger partial charge in [0.15, 0.2) is 0 Å². The van der Waals surface area contributed by atoms with Crippen molar-refractivity contribution < 1.29 is 8.42 Å². The molecule has 0 aromatic carbocycles. The summed E-state index contributed by atoms with van der Waals surface area (Å²) >= 11 is 0. The van der Waals surface area contributed by atoms with Crippen LogP contribution in [0.25, 0.3) is 0 Å². The van der Waals surface area contributed by atoms with Gasteiger partial charge in [-0.2, -0.15) is 0 Å². The minimum atomic E-state index is -3.32. The maximum atomic E-state index is 10.6. The lowest BCUT2D eigenvalue weighted by atomic mass is 10.2. The van der Waals surface area contributed by atoms with E-state index in [0.717, 1.165) is 19.5 Å². The molecule has 15 heavy (non-hydrogen) atoms. The van der Waals surface area contributed by atoms with Crippen LogP contribution in [0, 0.1) is 0 Å². The molecule has 0 rings (SSSR count). The minimum Gasteiger partial charge on any atom is -0.314 e. The van der Waals surface area contributed by atoms with E-state index in [1.54, 1.807) is 0 Å². The summed E-state index contributed by atoms with van der Waals surface area (Å²) in [5.41, 5.74) is 0. The number of nitrogens with two attached hydrogens (primary N) is 1. The van der Waals surface area contributed by atoms with Crippen LogP contribution in [0.3, 0.4) is 0 Å². The Bertz CT molecular complexity index is 254. The zero-order valence-electron chi connectivity index (χ0n) is 9.86. The lowest BCUT2D eigenvalue weighted by Crippen LogP contribution is -2.36. The third kappa shape index (κ3) is 8.80. The first-order chi connectivity index (χ1) is 6.87. The highest BCUT2D eigenvalue weighted by Crippen LogP contribution is 1.97. The molecule has 0 saturated heterocycles. The van der Waals surface area contributed by atoms with Gasteiger partial charge in [-0.3, -0.25) is 0 Å².